The summed E-state index contributed by atoms with van der Waals surface area (Å²) in [5.74, 6) is 1.58. The van der Waals surface area contributed by atoms with Crippen LogP contribution in [-0.4, -0.2) is 11.9 Å². The molecule has 0 saturated carbocycles. The molecule has 0 aromatic carbocycles. The van der Waals surface area contributed by atoms with Gasteiger partial charge in [-0.3, -0.25) is 0 Å². The van der Waals surface area contributed by atoms with Gasteiger partial charge in [-0.05, 0) is 0 Å². The number of aromatic amines is 1. The molecule has 1 N–H and O–H groups in total. The minimum absolute atomic E-state index is 0.311. The Kier molecular flexibility index (Phi) is 0.711. The molecule has 4 nitrogen and oxygen atoms in total. The average molecular weight is 151 g/mol. The van der Waals surface area contributed by atoms with Crippen LogP contribution in [0.5, 0.6) is 11.5 Å². The molecule has 0 spiro atoms. The molecule has 0 bridgehead atoms. The lowest BCUT2D eigenvalue weighted by molar-refractivity contribution is 0.173. The van der Waals surface area contributed by atoms with Gasteiger partial charge < -0.3 is 14.0 Å². The number of fused-ring (bicyclic) bond motifs is 3. The molecule has 0 saturated heterocycles. The van der Waals surface area contributed by atoms with Crippen molar-refractivity contribution < 1.29 is 14.0 Å². The molecule has 56 valence electrons. The highest BCUT2D eigenvalue weighted by atomic mass is 16.7. The molecule has 2 aliphatic heterocycles. The first-order chi connectivity index (χ1) is 5.45. The van der Waals surface area contributed by atoms with Gasteiger partial charge in [0.25, 0.3) is 0 Å². The Morgan fingerprint density at radius 1 is 1.36 bits per heavy atom. The van der Waals surface area contributed by atoms with Gasteiger partial charge >= 0.3 is 0 Å². The van der Waals surface area contributed by atoms with Crippen molar-refractivity contribution in [3.8, 4) is 22.8 Å². The van der Waals surface area contributed by atoms with Crippen LogP contribution in [0.1, 0.15) is 0 Å². The number of hydrogen-bond acceptors (Lipinski definition) is 3. The quantitative estimate of drug-likeness (QED) is 0.619. The van der Waals surface area contributed by atoms with Gasteiger partial charge in [-0.2, -0.15) is 0 Å². The van der Waals surface area contributed by atoms with Crippen LogP contribution in [0.15, 0.2) is 16.9 Å². The maximum Gasteiger partial charge on any atom is 0.231 e. The first kappa shape index (κ1) is 5.12. The summed E-state index contributed by atoms with van der Waals surface area (Å²) in [5, 5.41) is 2.71. The van der Waals surface area contributed by atoms with E-state index in [0.717, 1.165) is 22.8 Å². The second-order valence-corrected chi connectivity index (χ2v) is 2.41. The van der Waals surface area contributed by atoms with Crippen LogP contribution in [0.2, 0.25) is 0 Å². The zero-order chi connectivity index (χ0) is 7.26. The first-order valence-corrected chi connectivity index (χ1v) is 3.29. The highest BCUT2D eigenvalue weighted by Crippen LogP contribution is 2.45. The first-order valence-electron chi connectivity index (χ1n) is 3.29. The molecule has 0 amide bonds. The van der Waals surface area contributed by atoms with E-state index in [1.807, 2.05) is 6.07 Å². The van der Waals surface area contributed by atoms with Crippen molar-refractivity contribution in [3.63, 3.8) is 0 Å². The van der Waals surface area contributed by atoms with Crippen LogP contribution in [0.3, 0.4) is 0 Å². The molecule has 3 rings (SSSR count). The molecule has 2 heterocycles. The molecular formula is C7H5NO3. The van der Waals surface area contributed by atoms with Crippen molar-refractivity contribution in [1.29, 1.82) is 0 Å². The van der Waals surface area contributed by atoms with E-state index in [1.165, 1.54) is 0 Å². The fourth-order valence-corrected chi connectivity index (χ4v) is 1.29. The van der Waals surface area contributed by atoms with E-state index < -0.39 is 0 Å². The maximum atomic E-state index is 5.21. The number of hydrogen-bond donors (Lipinski definition) is 1. The lowest BCUT2D eigenvalue weighted by Gasteiger charge is -1.91. The molecule has 0 radical (unpaired) electrons. The van der Waals surface area contributed by atoms with Crippen LogP contribution in [-0.2, 0) is 0 Å². The Morgan fingerprint density at radius 2 is 2.36 bits per heavy atom. The summed E-state index contributed by atoms with van der Waals surface area (Å²) in [4.78, 5) is 0. The third kappa shape index (κ3) is 0.497. The van der Waals surface area contributed by atoms with Crippen molar-refractivity contribution in [2.75, 3.05) is 6.79 Å². The van der Waals surface area contributed by atoms with E-state index in [9.17, 15) is 0 Å². The topological polar surface area (TPSA) is 47.4 Å². The maximum absolute atomic E-state index is 5.21. The van der Waals surface area contributed by atoms with Crippen molar-refractivity contribution in [3.05, 3.63) is 12.3 Å². The van der Waals surface area contributed by atoms with Gasteiger partial charge in [0.15, 0.2) is 11.5 Å². The third-order valence-corrected chi connectivity index (χ3v) is 1.80. The van der Waals surface area contributed by atoms with Crippen LogP contribution >= 0.6 is 0 Å². The monoisotopic (exact) mass is 151 g/mol. The number of aromatic nitrogens is 1. The molecule has 0 aromatic rings. The van der Waals surface area contributed by atoms with Gasteiger partial charge in [0.1, 0.15) is 6.26 Å². The Hall–Kier alpha value is -1.58. The molecule has 0 aromatic heterocycles. The standard InChI is InChI=1S/C7H5NO3/c1-5-4(2-11-8-5)7-6(1)9-3-10-7/h1-2,8H,3H2. The summed E-state index contributed by atoms with van der Waals surface area (Å²) >= 11 is 0. The summed E-state index contributed by atoms with van der Waals surface area (Å²) in [5.41, 5.74) is 1.85. The lowest BCUT2D eigenvalue weighted by atomic mass is 10.3. The number of rotatable bonds is 0. The van der Waals surface area contributed by atoms with E-state index in [4.69, 9.17) is 14.0 Å². The summed E-state index contributed by atoms with van der Waals surface area (Å²) in [7, 11) is 0. The van der Waals surface area contributed by atoms with Gasteiger partial charge in [0, 0.05) is 6.07 Å². The zero-order valence-electron chi connectivity index (χ0n) is 5.59. The third-order valence-electron chi connectivity index (χ3n) is 1.80. The zero-order valence-corrected chi connectivity index (χ0v) is 5.59. The van der Waals surface area contributed by atoms with Gasteiger partial charge in [-0.25, -0.2) is 5.16 Å². The normalized spacial score (nSPS) is 14.5. The number of ether oxygens (including phenoxy) is 2. The molecule has 1 aliphatic carbocycles. The van der Waals surface area contributed by atoms with Crippen LogP contribution < -0.4 is 9.47 Å². The van der Waals surface area contributed by atoms with Crippen molar-refractivity contribution in [1.82, 2.24) is 5.16 Å². The fourth-order valence-electron chi connectivity index (χ4n) is 1.29. The van der Waals surface area contributed by atoms with Gasteiger partial charge in [-0.15, -0.1) is 0 Å². The summed E-state index contributed by atoms with van der Waals surface area (Å²) < 4.78 is 15.2. The second-order valence-electron chi connectivity index (χ2n) is 2.41. The lowest BCUT2D eigenvalue weighted by Crippen LogP contribution is -1.94. The van der Waals surface area contributed by atoms with E-state index in [1.54, 1.807) is 6.26 Å². The molecule has 4 heteroatoms. The summed E-state index contributed by atoms with van der Waals surface area (Å²) in [6.07, 6.45) is 1.61. The Balaban J connectivity index is 2.37. The van der Waals surface area contributed by atoms with Crippen LogP contribution in [0.25, 0.3) is 11.3 Å². The average Bonchev–Trinajstić information content (AvgIpc) is 2.52. The summed E-state index contributed by atoms with van der Waals surface area (Å²) in [6, 6.07) is 1.86. The van der Waals surface area contributed by atoms with Gasteiger partial charge in [-0.1, -0.05) is 0 Å². The second kappa shape index (κ2) is 1.53. The summed E-state index contributed by atoms with van der Waals surface area (Å²) in [6.45, 7) is 0.311. The Morgan fingerprint density at radius 3 is 3.36 bits per heavy atom. The highest BCUT2D eigenvalue weighted by molar-refractivity contribution is 5.76. The van der Waals surface area contributed by atoms with E-state index >= 15 is 0 Å². The fraction of sp³-hybridized carbons (Fsp3) is 0.143. The van der Waals surface area contributed by atoms with Gasteiger partial charge in [0.2, 0.25) is 6.79 Å². The van der Waals surface area contributed by atoms with Crippen LogP contribution in [0, 0.1) is 0 Å². The molecule has 0 atom stereocenters. The molecule has 0 unspecified atom stereocenters. The van der Waals surface area contributed by atoms with E-state index in [2.05, 4.69) is 5.16 Å². The number of nitrogens with one attached hydrogen (secondary N) is 1. The molecular weight excluding hydrogens is 146 g/mol. The SMILES string of the molecule is c1c2[nH]occ-2c2c1OCO2. The molecule has 3 aliphatic rings. The smallest absolute Gasteiger partial charge is 0.231 e. The molecule has 11 heavy (non-hydrogen) atoms. The van der Waals surface area contributed by atoms with E-state index in [0.29, 0.717) is 6.79 Å². The van der Waals surface area contributed by atoms with E-state index in [-0.39, 0.29) is 0 Å². The number of H-pyrrole nitrogens is 1. The largest absolute Gasteiger partial charge is 0.453 e. The van der Waals surface area contributed by atoms with Gasteiger partial charge in [0.05, 0.1) is 11.3 Å². The Bertz CT molecular complexity index is 362. The molecule has 0 fully saturated rings. The van der Waals surface area contributed by atoms with Crippen molar-refractivity contribution >= 4 is 0 Å². The predicted molar refractivity (Wildman–Crippen MR) is 35.8 cm³/mol. The predicted octanol–water partition coefficient (Wildman–Crippen LogP) is 1.44. The minimum Gasteiger partial charge on any atom is -0.453 e. The highest BCUT2D eigenvalue weighted by Gasteiger charge is 2.25. The van der Waals surface area contributed by atoms with Crippen molar-refractivity contribution in [2.24, 2.45) is 0 Å². The Labute approximate surface area is 62.0 Å². The minimum atomic E-state index is 0.311. The van der Waals surface area contributed by atoms with Crippen LogP contribution in [0.4, 0.5) is 0 Å². The van der Waals surface area contributed by atoms with Crippen molar-refractivity contribution in [2.45, 2.75) is 0 Å².